The third-order valence-electron chi connectivity index (χ3n) is 4.22. The summed E-state index contributed by atoms with van der Waals surface area (Å²) in [5, 5.41) is 9.79. The predicted molar refractivity (Wildman–Crippen MR) is 110 cm³/mol. The highest BCUT2D eigenvalue weighted by atomic mass is 32.1. The van der Waals surface area contributed by atoms with E-state index in [1.54, 1.807) is 54.3 Å². The number of aryl methyl sites for hydroxylation is 1. The summed E-state index contributed by atoms with van der Waals surface area (Å²) >= 11 is 1.38. The molecule has 4 rings (SSSR count). The molecule has 4 aromatic rings. The van der Waals surface area contributed by atoms with Crippen LogP contribution in [0.1, 0.15) is 16.1 Å². The van der Waals surface area contributed by atoms with E-state index in [-0.39, 0.29) is 11.7 Å². The van der Waals surface area contributed by atoms with Gasteiger partial charge in [0.05, 0.1) is 18.5 Å². The number of hydrogen-bond donors (Lipinski definition) is 1. The average Bonchev–Trinajstić information content (AvgIpc) is 3.35. The van der Waals surface area contributed by atoms with Crippen LogP contribution in [0.3, 0.4) is 0 Å². The Morgan fingerprint density at radius 3 is 2.72 bits per heavy atom. The highest BCUT2D eigenvalue weighted by molar-refractivity contribution is 7.12. The van der Waals surface area contributed by atoms with E-state index < -0.39 is 0 Å². The molecule has 0 unspecified atom stereocenters. The molecule has 0 bridgehead atoms. The van der Waals surface area contributed by atoms with Gasteiger partial charge in [-0.2, -0.15) is 9.78 Å². The van der Waals surface area contributed by atoms with E-state index in [9.17, 15) is 9.18 Å². The largest absolute Gasteiger partial charge is 0.497 e. The van der Waals surface area contributed by atoms with E-state index in [0.717, 1.165) is 11.3 Å². The molecule has 29 heavy (non-hydrogen) atoms. The van der Waals surface area contributed by atoms with Gasteiger partial charge in [-0.05, 0) is 49.4 Å². The van der Waals surface area contributed by atoms with Gasteiger partial charge in [-0.15, -0.1) is 11.3 Å². The molecule has 0 saturated heterocycles. The summed E-state index contributed by atoms with van der Waals surface area (Å²) in [6.07, 6.45) is 0. The van der Waals surface area contributed by atoms with Crippen LogP contribution in [0.25, 0.3) is 16.4 Å². The van der Waals surface area contributed by atoms with Crippen molar-refractivity contribution in [1.82, 2.24) is 14.8 Å². The minimum atomic E-state index is -0.297. The van der Waals surface area contributed by atoms with Crippen LogP contribution in [-0.2, 0) is 0 Å². The maximum absolute atomic E-state index is 13.2. The summed E-state index contributed by atoms with van der Waals surface area (Å²) < 4.78 is 19.9. The number of thiazole rings is 1. The van der Waals surface area contributed by atoms with Crippen molar-refractivity contribution in [3.05, 3.63) is 77.1 Å². The Morgan fingerprint density at radius 1 is 1.17 bits per heavy atom. The molecule has 8 heteroatoms. The standard InChI is InChI=1S/C21H17FN4O2S/c1-13-10-19(24-20(27)15-4-3-5-17(11-15)28-2)26(25-13)21-23-18(12-29-21)14-6-8-16(22)9-7-14/h3-12H,1-2H3,(H,24,27). The van der Waals surface area contributed by atoms with E-state index >= 15 is 0 Å². The van der Waals surface area contributed by atoms with Gasteiger partial charge in [0.1, 0.15) is 17.4 Å². The second kappa shape index (κ2) is 7.84. The van der Waals surface area contributed by atoms with Gasteiger partial charge in [0.15, 0.2) is 0 Å². The zero-order valence-corrected chi connectivity index (χ0v) is 16.5. The first-order valence-corrected chi connectivity index (χ1v) is 9.65. The molecule has 2 aromatic heterocycles. The Bertz CT molecular complexity index is 1170. The van der Waals surface area contributed by atoms with Crippen LogP contribution >= 0.6 is 11.3 Å². The van der Waals surface area contributed by atoms with Gasteiger partial charge >= 0.3 is 0 Å². The van der Waals surface area contributed by atoms with E-state index in [0.29, 0.717) is 28.0 Å². The van der Waals surface area contributed by atoms with E-state index in [4.69, 9.17) is 4.74 Å². The highest BCUT2D eigenvalue weighted by Gasteiger charge is 2.16. The number of carbonyl (C=O) groups is 1. The Balaban J connectivity index is 1.62. The van der Waals surface area contributed by atoms with E-state index in [1.807, 2.05) is 12.3 Å². The quantitative estimate of drug-likeness (QED) is 0.520. The molecule has 0 radical (unpaired) electrons. The van der Waals surface area contributed by atoms with Crippen molar-refractivity contribution < 1.29 is 13.9 Å². The van der Waals surface area contributed by atoms with Gasteiger partial charge in [0.2, 0.25) is 5.13 Å². The first-order chi connectivity index (χ1) is 14.0. The third-order valence-corrected chi connectivity index (χ3v) is 5.03. The summed E-state index contributed by atoms with van der Waals surface area (Å²) in [6.45, 7) is 1.84. The maximum atomic E-state index is 13.2. The number of benzene rings is 2. The van der Waals surface area contributed by atoms with Crippen molar-refractivity contribution in [2.45, 2.75) is 6.92 Å². The minimum Gasteiger partial charge on any atom is -0.497 e. The molecule has 146 valence electrons. The number of amides is 1. The van der Waals surface area contributed by atoms with Crippen LogP contribution < -0.4 is 10.1 Å². The number of halogens is 1. The monoisotopic (exact) mass is 408 g/mol. The Hall–Kier alpha value is -3.52. The van der Waals surface area contributed by atoms with Crippen molar-refractivity contribution >= 4 is 23.1 Å². The highest BCUT2D eigenvalue weighted by Crippen LogP contribution is 2.27. The summed E-state index contributed by atoms with van der Waals surface area (Å²) in [6, 6.07) is 14.8. The molecule has 1 amide bonds. The molecule has 2 aromatic carbocycles. The van der Waals surface area contributed by atoms with Gasteiger partial charge in [-0.25, -0.2) is 9.37 Å². The van der Waals surface area contributed by atoms with Crippen molar-refractivity contribution in [3.63, 3.8) is 0 Å². The minimum absolute atomic E-state index is 0.277. The molecule has 6 nitrogen and oxygen atoms in total. The number of nitrogens with zero attached hydrogens (tertiary/aromatic N) is 3. The molecular formula is C21H17FN4O2S. The number of carbonyl (C=O) groups excluding carboxylic acids is 1. The Kier molecular flexibility index (Phi) is 5.09. The fraction of sp³-hybridized carbons (Fsp3) is 0.0952. The number of anilines is 1. The number of ether oxygens (including phenoxy) is 1. The molecule has 0 aliphatic rings. The Morgan fingerprint density at radius 2 is 1.97 bits per heavy atom. The molecule has 0 aliphatic heterocycles. The average molecular weight is 408 g/mol. The van der Waals surface area contributed by atoms with Gasteiger partial charge < -0.3 is 10.1 Å². The summed E-state index contributed by atoms with van der Waals surface area (Å²) in [5.41, 5.74) is 2.73. The molecule has 1 N–H and O–H groups in total. The second-order valence-corrected chi connectivity index (χ2v) is 7.13. The third kappa shape index (κ3) is 4.02. The summed E-state index contributed by atoms with van der Waals surface area (Å²) in [4.78, 5) is 17.3. The maximum Gasteiger partial charge on any atom is 0.256 e. The first kappa shape index (κ1) is 18.8. The zero-order valence-electron chi connectivity index (χ0n) is 15.7. The van der Waals surface area contributed by atoms with Crippen LogP contribution in [0.4, 0.5) is 10.2 Å². The topological polar surface area (TPSA) is 69.0 Å². The van der Waals surface area contributed by atoms with Crippen LogP contribution in [0, 0.1) is 12.7 Å². The fourth-order valence-corrected chi connectivity index (χ4v) is 3.60. The molecule has 0 saturated carbocycles. The van der Waals surface area contributed by atoms with Crippen LogP contribution in [0.5, 0.6) is 5.75 Å². The normalized spacial score (nSPS) is 10.7. The van der Waals surface area contributed by atoms with Crippen molar-refractivity contribution in [2.24, 2.45) is 0 Å². The Labute approximate surface area is 170 Å². The molecule has 0 spiro atoms. The SMILES string of the molecule is COc1cccc(C(=O)Nc2cc(C)nn2-c2nc(-c3ccc(F)cc3)cs2)c1. The smallest absolute Gasteiger partial charge is 0.256 e. The number of methoxy groups -OCH3 is 1. The van der Waals surface area contributed by atoms with Crippen molar-refractivity contribution in [1.29, 1.82) is 0 Å². The van der Waals surface area contributed by atoms with Crippen LogP contribution in [0.15, 0.2) is 60.0 Å². The van der Waals surface area contributed by atoms with Gasteiger partial charge in [0.25, 0.3) is 5.91 Å². The van der Waals surface area contributed by atoms with E-state index in [1.165, 1.54) is 23.5 Å². The fourth-order valence-electron chi connectivity index (χ4n) is 2.80. The zero-order chi connectivity index (χ0) is 20.4. The lowest BCUT2D eigenvalue weighted by molar-refractivity contribution is 0.102. The van der Waals surface area contributed by atoms with Crippen LogP contribution in [0.2, 0.25) is 0 Å². The van der Waals surface area contributed by atoms with E-state index in [2.05, 4.69) is 15.4 Å². The predicted octanol–water partition coefficient (Wildman–Crippen LogP) is 4.70. The lowest BCUT2D eigenvalue weighted by Crippen LogP contribution is -2.15. The second-order valence-electron chi connectivity index (χ2n) is 6.29. The number of aromatic nitrogens is 3. The molecule has 0 fully saturated rings. The van der Waals surface area contributed by atoms with Gasteiger partial charge in [0, 0.05) is 22.6 Å². The first-order valence-electron chi connectivity index (χ1n) is 8.77. The number of nitrogens with one attached hydrogen (secondary N) is 1. The van der Waals surface area contributed by atoms with Crippen LogP contribution in [-0.4, -0.2) is 27.8 Å². The lowest BCUT2D eigenvalue weighted by atomic mass is 10.2. The van der Waals surface area contributed by atoms with Crippen molar-refractivity contribution in [2.75, 3.05) is 12.4 Å². The molecule has 0 aliphatic carbocycles. The molecule has 2 heterocycles. The summed E-state index contributed by atoms with van der Waals surface area (Å²) in [5.74, 6) is 0.538. The lowest BCUT2D eigenvalue weighted by Gasteiger charge is -2.07. The summed E-state index contributed by atoms with van der Waals surface area (Å²) in [7, 11) is 1.55. The van der Waals surface area contributed by atoms with Gasteiger partial charge in [-0.3, -0.25) is 4.79 Å². The molecular weight excluding hydrogens is 391 g/mol. The van der Waals surface area contributed by atoms with Crippen molar-refractivity contribution in [3.8, 4) is 22.1 Å². The number of rotatable bonds is 5. The molecule has 0 atom stereocenters. The number of hydrogen-bond acceptors (Lipinski definition) is 5. The van der Waals surface area contributed by atoms with Gasteiger partial charge in [-0.1, -0.05) is 6.07 Å².